The van der Waals surface area contributed by atoms with Gasteiger partial charge in [-0.2, -0.15) is 0 Å². The van der Waals surface area contributed by atoms with Crippen molar-refractivity contribution >= 4 is 17.8 Å². The molecule has 1 N–H and O–H groups in total. The lowest BCUT2D eigenvalue weighted by Crippen LogP contribution is -2.52. The van der Waals surface area contributed by atoms with Crippen LogP contribution in [0.4, 0.5) is 0 Å². The maximum atomic E-state index is 12.7. The average Bonchev–Trinajstić information content (AvgIpc) is 2.68. The summed E-state index contributed by atoms with van der Waals surface area (Å²) in [6, 6.07) is 8.29. The Morgan fingerprint density at radius 1 is 1.13 bits per heavy atom. The monoisotopic (exact) mass is 422 g/mol. The van der Waals surface area contributed by atoms with E-state index in [2.05, 4.69) is 5.32 Å². The van der Waals surface area contributed by atoms with Crippen LogP contribution in [0.3, 0.4) is 0 Å². The predicted molar refractivity (Wildman–Crippen MR) is 112 cm³/mol. The number of benzene rings is 1. The Kier molecular flexibility index (Phi) is 10.5. The van der Waals surface area contributed by atoms with Crippen molar-refractivity contribution in [3.05, 3.63) is 35.9 Å². The number of nitrogens with one attached hydrogen (secondary N) is 1. The molecule has 0 aliphatic carbocycles. The molecule has 0 fully saturated rings. The van der Waals surface area contributed by atoms with Crippen LogP contribution in [0.25, 0.3) is 0 Å². The molecule has 2 atom stereocenters. The number of esters is 2. The molecule has 0 aliphatic heterocycles. The Balaban J connectivity index is 2.76. The molecule has 1 aromatic carbocycles. The number of hydrogen-bond donors (Lipinski definition) is 1. The molecule has 0 heterocycles. The Labute approximate surface area is 178 Å². The first kappa shape index (κ1) is 25.6. The summed E-state index contributed by atoms with van der Waals surface area (Å²) >= 11 is 0. The van der Waals surface area contributed by atoms with Crippen LogP contribution in [0.15, 0.2) is 30.3 Å². The summed E-state index contributed by atoms with van der Waals surface area (Å²) in [5.41, 5.74) is 0.409. The number of hydrogen-bond acceptors (Lipinski definition) is 7. The standard InChI is InChI=1S/C22H34N2O6/c1-7-29-21(27)18(14-13-17-11-9-8-10-12-17)23-16(2)20(26)24(28-6)15-19(25)30-22(3,4)5/h8-12,16,18,23H,7,13-15H2,1-6H3/t16-,18-/m0/s1. The lowest BCUT2D eigenvalue weighted by Gasteiger charge is -2.27. The van der Waals surface area contributed by atoms with Gasteiger partial charge in [0.2, 0.25) is 0 Å². The molecule has 8 nitrogen and oxygen atoms in total. The molecule has 0 radical (unpaired) electrons. The summed E-state index contributed by atoms with van der Waals surface area (Å²) in [6.45, 7) is 8.45. The maximum Gasteiger partial charge on any atom is 0.328 e. The van der Waals surface area contributed by atoms with E-state index in [0.717, 1.165) is 10.6 Å². The van der Waals surface area contributed by atoms with Gasteiger partial charge in [0, 0.05) is 0 Å². The van der Waals surface area contributed by atoms with Crippen LogP contribution >= 0.6 is 0 Å². The van der Waals surface area contributed by atoms with Crippen molar-refractivity contribution in [3.8, 4) is 0 Å². The second kappa shape index (κ2) is 12.3. The zero-order valence-corrected chi connectivity index (χ0v) is 18.8. The smallest absolute Gasteiger partial charge is 0.328 e. The SMILES string of the molecule is CCOC(=O)[C@H](CCc1ccccc1)N[C@@H](C)C(=O)N(CC(=O)OC(C)(C)C)OC. The highest BCUT2D eigenvalue weighted by Gasteiger charge is 2.29. The number of nitrogens with zero attached hydrogens (tertiary/aromatic N) is 1. The van der Waals surface area contributed by atoms with Crippen LogP contribution in [0.2, 0.25) is 0 Å². The van der Waals surface area contributed by atoms with Crippen LogP contribution < -0.4 is 5.32 Å². The van der Waals surface area contributed by atoms with E-state index in [9.17, 15) is 14.4 Å². The molecule has 0 aromatic heterocycles. The largest absolute Gasteiger partial charge is 0.465 e. The number of rotatable bonds is 11. The fourth-order valence-corrected chi connectivity index (χ4v) is 2.78. The molecule has 8 heteroatoms. The Bertz CT molecular complexity index is 687. The zero-order chi connectivity index (χ0) is 22.7. The first-order valence-corrected chi connectivity index (χ1v) is 10.1. The van der Waals surface area contributed by atoms with Gasteiger partial charge in [0.15, 0.2) is 0 Å². The van der Waals surface area contributed by atoms with Gasteiger partial charge in [-0.05, 0) is 53.0 Å². The fraction of sp³-hybridized carbons (Fsp3) is 0.591. The molecule has 0 saturated heterocycles. The number of carbonyl (C=O) groups excluding carboxylic acids is 3. The topological polar surface area (TPSA) is 94.2 Å². The van der Waals surface area contributed by atoms with E-state index in [1.165, 1.54) is 7.11 Å². The molecule has 30 heavy (non-hydrogen) atoms. The average molecular weight is 423 g/mol. The molecule has 0 unspecified atom stereocenters. The summed E-state index contributed by atoms with van der Waals surface area (Å²) in [5.74, 6) is -1.50. The van der Waals surface area contributed by atoms with E-state index in [-0.39, 0.29) is 13.2 Å². The lowest BCUT2D eigenvalue weighted by atomic mass is 10.0. The van der Waals surface area contributed by atoms with E-state index in [4.69, 9.17) is 14.3 Å². The molecule has 0 bridgehead atoms. The third-order valence-corrected chi connectivity index (χ3v) is 4.12. The van der Waals surface area contributed by atoms with Crippen molar-refractivity contribution in [2.45, 2.75) is 65.1 Å². The summed E-state index contributed by atoms with van der Waals surface area (Å²) in [6.07, 6.45) is 1.10. The van der Waals surface area contributed by atoms with Crippen molar-refractivity contribution < 1.29 is 28.7 Å². The van der Waals surface area contributed by atoms with Crippen LogP contribution in [0.1, 0.15) is 46.6 Å². The normalized spacial score (nSPS) is 13.3. The van der Waals surface area contributed by atoms with Gasteiger partial charge < -0.3 is 9.47 Å². The molecular formula is C22H34N2O6. The molecule has 0 aliphatic rings. The van der Waals surface area contributed by atoms with Gasteiger partial charge in [-0.15, -0.1) is 0 Å². The molecule has 1 rings (SSSR count). The van der Waals surface area contributed by atoms with Crippen LogP contribution in [-0.2, 0) is 35.1 Å². The zero-order valence-electron chi connectivity index (χ0n) is 18.8. The van der Waals surface area contributed by atoms with Crippen molar-refractivity contribution in [1.82, 2.24) is 10.4 Å². The van der Waals surface area contributed by atoms with Gasteiger partial charge in [-0.1, -0.05) is 30.3 Å². The number of amides is 1. The Hall–Kier alpha value is -2.45. The lowest BCUT2D eigenvalue weighted by molar-refractivity contribution is -0.190. The highest BCUT2D eigenvalue weighted by Crippen LogP contribution is 2.10. The minimum atomic E-state index is -0.780. The minimum Gasteiger partial charge on any atom is -0.465 e. The van der Waals surface area contributed by atoms with E-state index < -0.39 is 35.5 Å². The van der Waals surface area contributed by atoms with E-state index >= 15 is 0 Å². The van der Waals surface area contributed by atoms with Crippen LogP contribution in [0.5, 0.6) is 0 Å². The molecule has 0 saturated carbocycles. The van der Waals surface area contributed by atoms with E-state index in [1.807, 2.05) is 30.3 Å². The quantitative estimate of drug-likeness (QED) is 0.432. The van der Waals surface area contributed by atoms with Crippen molar-refractivity contribution in [2.24, 2.45) is 0 Å². The van der Waals surface area contributed by atoms with Gasteiger partial charge in [0.25, 0.3) is 5.91 Å². The summed E-state index contributed by atoms with van der Waals surface area (Å²) in [7, 11) is 1.30. The number of hydroxylamine groups is 2. The van der Waals surface area contributed by atoms with Gasteiger partial charge in [0.1, 0.15) is 18.2 Å². The van der Waals surface area contributed by atoms with Gasteiger partial charge in [0.05, 0.1) is 19.8 Å². The summed E-state index contributed by atoms with van der Waals surface area (Å²) in [5, 5.41) is 3.93. The molecule has 0 spiro atoms. The number of carbonyl (C=O) groups is 3. The highest BCUT2D eigenvalue weighted by atomic mass is 16.7. The first-order chi connectivity index (χ1) is 14.1. The molecule has 1 aromatic rings. The Morgan fingerprint density at radius 2 is 1.77 bits per heavy atom. The first-order valence-electron chi connectivity index (χ1n) is 10.1. The summed E-state index contributed by atoms with van der Waals surface area (Å²) < 4.78 is 10.4. The second-order valence-electron chi connectivity index (χ2n) is 7.86. The molecule has 168 valence electrons. The van der Waals surface area contributed by atoms with E-state index in [1.54, 1.807) is 34.6 Å². The van der Waals surface area contributed by atoms with Crippen molar-refractivity contribution in [1.29, 1.82) is 0 Å². The molecular weight excluding hydrogens is 388 g/mol. The number of ether oxygens (including phenoxy) is 2. The third-order valence-electron chi connectivity index (χ3n) is 4.12. The van der Waals surface area contributed by atoms with Gasteiger partial charge in [-0.25, -0.2) is 5.06 Å². The third kappa shape index (κ3) is 9.37. The van der Waals surface area contributed by atoms with Crippen LogP contribution in [-0.4, -0.2) is 60.9 Å². The van der Waals surface area contributed by atoms with Crippen molar-refractivity contribution in [3.63, 3.8) is 0 Å². The predicted octanol–water partition coefficient (Wildman–Crippen LogP) is 2.26. The van der Waals surface area contributed by atoms with Gasteiger partial charge in [-0.3, -0.25) is 24.5 Å². The number of aryl methyl sites for hydroxylation is 1. The maximum absolute atomic E-state index is 12.7. The highest BCUT2D eigenvalue weighted by molar-refractivity contribution is 5.85. The van der Waals surface area contributed by atoms with Gasteiger partial charge >= 0.3 is 11.9 Å². The Morgan fingerprint density at radius 3 is 2.30 bits per heavy atom. The minimum absolute atomic E-state index is 0.244. The second-order valence-corrected chi connectivity index (χ2v) is 7.86. The van der Waals surface area contributed by atoms with E-state index in [0.29, 0.717) is 12.8 Å². The molecule has 1 amide bonds. The summed E-state index contributed by atoms with van der Waals surface area (Å²) in [4.78, 5) is 42.2. The fourth-order valence-electron chi connectivity index (χ4n) is 2.78. The van der Waals surface area contributed by atoms with Crippen molar-refractivity contribution in [2.75, 3.05) is 20.3 Å². The van der Waals surface area contributed by atoms with Crippen LogP contribution in [0, 0.1) is 0 Å².